The van der Waals surface area contributed by atoms with Gasteiger partial charge in [0.25, 0.3) is 0 Å². The summed E-state index contributed by atoms with van der Waals surface area (Å²) in [6.45, 7) is 8.77. The molecule has 2 nitrogen and oxygen atoms in total. The number of nitrogens with zero attached hydrogens (tertiary/aromatic N) is 2. The van der Waals surface area contributed by atoms with Crippen molar-refractivity contribution in [1.82, 2.24) is 7.96 Å². The van der Waals surface area contributed by atoms with E-state index in [9.17, 15) is 0 Å². The van der Waals surface area contributed by atoms with Crippen LogP contribution >= 0.6 is 22.7 Å². The van der Waals surface area contributed by atoms with Crippen LogP contribution in [-0.4, -0.2) is 22.9 Å². The van der Waals surface area contributed by atoms with Crippen molar-refractivity contribution in [3.63, 3.8) is 0 Å². The van der Waals surface area contributed by atoms with E-state index >= 15 is 0 Å². The predicted molar refractivity (Wildman–Crippen MR) is 102 cm³/mol. The maximum absolute atomic E-state index is 4.79. The standard InChI is InChI=1S/C18H16N2S2Se/c1-9-5-7-13(21-9)15-11(3)12(4)16(14-8-6-10(2)22-14)18-17(15)19-23-20-18/h5-8H,1-4H3. The van der Waals surface area contributed by atoms with Gasteiger partial charge >= 0.3 is 150 Å². The summed E-state index contributed by atoms with van der Waals surface area (Å²) in [4.78, 5) is 5.29. The summed E-state index contributed by atoms with van der Waals surface area (Å²) in [6, 6.07) is 8.82. The third-order valence-electron chi connectivity index (χ3n) is 4.25. The Balaban J connectivity index is 2.09. The predicted octanol–water partition coefficient (Wildman–Crippen LogP) is 5.38. The summed E-state index contributed by atoms with van der Waals surface area (Å²) < 4.78 is 9.57. The molecular weight excluding hydrogens is 387 g/mol. The van der Waals surface area contributed by atoms with Gasteiger partial charge < -0.3 is 0 Å². The van der Waals surface area contributed by atoms with E-state index in [0.29, 0.717) is 0 Å². The molecule has 1 aromatic carbocycles. The van der Waals surface area contributed by atoms with Crippen LogP contribution in [-0.2, 0) is 0 Å². The summed E-state index contributed by atoms with van der Waals surface area (Å²) in [5.74, 6) is 0. The van der Waals surface area contributed by atoms with Gasteiger partial charge in [-0.15, -0.1) is 0 Å². The zero-order valence-corrected chi connectivity index (χ0v) is 16.8. The molecule has 116 valence electrons. The van der Waals surface area contributed by atoms with E-state index in [0.717, 1.165) is 11.0 Å². The van der Waals surface area contributed by atoms with Gasteiger partial charge in [0.05, 0.1) is 0 Å². The van der Waals surface area contributed by atoms with Gasteiger partial charge in [-0.1, -0.05) is 0 Å². The first-order chi connectivity index (χ1) is 11.1. The van der Waals surface area contributed by atoms with Crippen molar-refractivity contribution in [2.24, 2.45) is 0 Å². The fraction of sp³-hybridized carbons (Fsp3) is 0.222. The molecule has 0 unspecified atom stereocenters. The summed E-state index contributed by atoms with van der Waals surface area (Å²) >= 11 is 3.66. The van der Waals surface area contributed by atoms with Crippen LogP contribution in [0.5, 0.6) is 0 Å². The normalized spacial score (nSPS) is 11.5. The van der Waals surface area contributed by atoms with Crippen molar-refractivity contribution in [1.29, 1.82) is 0 Å². The Morgan fingerprint density at radius 1 is 0.696 bits per heavy atom. The molecule has 0 saturated carbocycles. The van der Waals surface area contributed by atoms with Gasteiger partial charge in [-0.05, 0) is 0 Å². The van der Waals surface area contributed by atoms with Gasteiger partial charge in [-0.25, -0.2) is 0 Å². The number of aromatic nitrogens is 2. The van der Waals surface area contributed by atoms with Gasteiger partial charge in [0.1, 0.15) is 0 Å². The molecule has 0 fully saturated rings. The summed E-state index contributed by atoms with van der Waals surface area (Å²) in [6.07, 6.45) is 0. The molecule has 0 spiro atoms. The Kier molecular flexibility index (Phi) is 3.77. The average molecular weight is 403 g/mol. The van der Waals surface area contributed by atoms with Crippen LogP contribution in [0.3, 0.4) is 0 Å². The van der Waals surface area contributed by atoms with Crippen LogP contribution < -0.4 is 0 Å². The van der Waals surface area contributed by atoms with Crippen molar-refractivity contribution in [3.05, 3.63) is 45.1 Å². The zero-order chi connectivity index (χ0) is 16.1. The van der Waals surface area contributed by atoms with Crippen molar-refractivity contribution in [3.8, 4) is 20.9 Å². The van der Waals surface area contributed by atoms with Crippen LogP contribution in [0.15, 0.2) is 24.3 Å². The quantitative estimate of drug-likeness (QED) is 0.420. The van der Waals surface area contributed by atoms with Crippen molar-refractivity contribution in [2.75, 3.05) is 0 Å². The summed E-state index contributed by atoms with van der Waals surface area (Å²) in [5.41, 5.74) is 7.46. The second-order valence-electron chi connectivity index (χ2n) is 5.78. The number of rotatable bonds is 2. The molecular formula is C18H16N2S2Se. The monoisotopic (exact) mass is 404 g/mol. The van der Waals surface area contributed by atoms with Crippen LogP contribution in [0.25, 0.3) is 31.9 Å². The van der Waals surface area contributed by atoms with E-state index in [1.807, 2.05) is 22.7 Å². The van der Waals surface area contributed by atoms with Crippen LogP contribution in [0.2, 0.25) is 0 Å². The molecule has 0 radical (unpaired) electrons. The number of fused-ring (bicyclic) bond motifs is 1. The van der Waals surface area contributed by atoms with E-state index in [4.69, 9.17) is 7.96 Å². The average Bonchev–Trinajstić information content (AvgIpc) is 3.23. The minimum absolute atomic E-state index is 0.0231. The maximum atomic E-state index is 4.79. The van der Waals surface area contributed by atoms with Gasteiger partial charge in [0.15, 0.2) is 0 Å². The molecule has 0 aliphatic carbocycles. The van der Waals surface area contributed by atoms with Crippen LogP contribution in [0.4, 0.5) is 0 Å². The minimum atomic E-state index is -0.0231. The van der Waals surface area contributed by atoms with Gasteiger partial charge in [0.2, 0.25) is 0 Å². The molecule has 0 aliphatic rings. The Labute approximate surface area is 150 Å². The fourth-order valence-corrected chi connectivity index (χ4v) is 6.10. The van der Waals surface area contributed by atoms with Crippen LogP contribution in [0, 0.1) is 27.7 Å². The molecule has 3 aromatic heterocycles. The first kappa shape index (κ1) is 15.3. The van der Waals surface area contributed by atoms with Crippen molar-refractivity contribution >= 4 is 48.7 Å². The molecule has 4 rings (SSSR count). The molecule has 5 heteroatoms. The second-order valence-corrected chi connectivity index (χ2v) is 9.47. The number of hydrogen-bond acceptors (Lipinski definition) is 4. The number of aryl methyl sites for hydroxylation is 2. The van der Waals surface area contributed by atoms with Gasteiger partial charge in [-0.2, -0.15) is 0 Å². The van der Waals surface area contributed by atoms with E-state index in [1.165, 1.54) is 41.8 Å². The Hall–Kier alpha value is -1.26. The van der Waals surface area contributed by atoms with E-state index < -0.39 is 0 Å². The number of thiophene rings is 2. The zero-order valence-electron chi connectivity index (χ0n) is 13.4. The molecule has 0 amide bonds. The van der Waals surface area contributed by atoms with Gasteiger partial charge in [0, 0.05) is 0 Å². The van der Waals surface area contributed by atoms with Crippen molar-refractivity contribution in [2.45, 2.75) is 27.7 Å². The third kappa shape index (κ3) is 2.43. The Bertz CT molecular complexity index is 943. The molecule has 0 N–H and O–H groups in total. The Morgan fingerprint density at radius 2 is 1.13 bits per heavy atom. The third-order valence-corrected chi connectivity index (χ3v) is 7.39. The molecule has 4 aromatic rings. The van der Waals surface area contributed by atoms with E-state index in [1.54, 1.807) is 0 Å². The first-order valence-corrected chi connectivity index (χ1v) is 10.6. The van der Waals surface area contributed by atoms with Crippen LogP contribution in [0.1, 0.15) is 20.9 Å². The Morgan fingerprint density at radius 3 is 1.48 bits per heavy atom. The van der Waals surface area contributed by atoms with E-state index in [-0.39, 0.29) is 15.0 Å². The summed E-state index contributed by atoms with van der Waals surface area (Å²) in [7, 11) is 0. The molecule has 0 bridgehead atoms. The second kappa shape index (κ2) is 5.67. The molecule has 0 saturated heterocycles. The summed E-state index contributed by atoms with van der Waals surface area (Å²) in [5, 5.41) is 0. The fourth-order valence-electron chi connectivity index (χ4n) is 2.99. The van der Waals surface area contributed by atoms with Crippen molar-refractivity contribution < 1.29 is 0 Å². The van der Waals surface area contributed by atoms with Gasteiger partial charge in [-0.3, -0.25) is 0 Å². The van der Waals surface area contributed by atoms with E-state index in [2.05, 4.69) is 52.0 Å². The molecule has 0 atom stereocenters. The SMILES string of the molecule is Cc1ccc(-c2c(C)c(C)c(-c3ccc(C)s3)c3n[se]nc23)s1. The molecule has 3 heterocycles. The number of hydrogen-bond donors (Lipinski definition) is 0. The number of benzene rings is 1. The first-order valence-electron chi connectivity index (χ1n) is 7.45. The topological polar surface area (TPSA) is 25.8 Å². The molecule has 0 aliphatic heterocycles. The molecule has 23 heavy (non-hydrogen) atoms.